The molecule has 2 aliphatic rings. The molecule has 20 heavy (non-hydrogen) atoms. The quantitative estimate of drug-likeness (QED) is 0.448. The maximum Gasteiger partial charge on any atom is 0.325 e. The highest BCUT2D eigenvalue weighted by molar-refractivity contribution is 6.07. The monoisotopic (exact) mass is 285 g/mol. The van der Waals surface area contributed by atoms with E-state index < -0.39 is 5.54 Å². The van der Waals surface area contributed by atoms with Gasteiger partial charge in [0.2, 0.25) is 0 Å². The molecule has 7 heteroatoms. The van der Waals surface area contributed by atoms with E-state index in [0.29, 0.717) is 13.0 Å². The summed E-state index contributed by atoms with van der Waals surface area (Å²) in [6.45, 7) is 0.993. The SMILES string of the molecule is NCC1CCCCC12NC(=O)N(CCOCCO)C2=O. The molecule has 1 saturated carbocycles. The molecule has 0 radical (unpaired) electrons. The average Bonchev–Trinajstić information content (AvgIpc) is 2.68. The third kappa shape index (κ3) is 2.65. The number of imide groups is 1. The topological polar surface area (TPSA) is 105 Å². The van der Waals surface area contributed by atoms with Crippen molar-refractivity contribution in [2.45, 2.75) is 31.2 Å². The van der Waals surface area contributed by atoms with E-state index in [2.05, 4.69) is 5.32 Å². The minimum absolute atomic E-state index is 0.0102. The van der Waals surface area contributed by atoms with Crippen LogP contribution in [0, 0.1) is 5.92 Å². The van der Waals surface area contributed by atoms with Crippen molar-refractivity contribution in [3.63, 3.8) is 0 Å². The van der Waals surface area contributed by atoms with Crippen LogP contribution in [0.25, 0.3) is 0 Å². The molecule has 0 aromatic rings. The third-order valence-corrected chi connectivity index (χ3v) is 4.25. The third-order valence-electron chi connectivity index (χ3n) is 4.25. The molecule has 0 aromatic carbocycles. The fourth-order valence-electron chi connectivity index (χ4n) is 3.18. The highest BCUT2D eigenvalue weighted by Gasteiger charge is 2.55. The number of aliphatic hydroxyl groups is 1. The first-order chi connectivity index (χ1) is 9.65. The van der Waals surface area contributed by atoms with Gasteiger partial charge < -0.3 is 20.9 Å². The number of nitrogens with two attached hydrogens (primary N) is 1. The lowest BCUT2D eigenvalue weighted by Gasteiger charge is -2.38. The zero-order valence-corrected chi connectivity index (χ0v) is 11.6. The van der Waals surface area contributed by atoms with Crippen LogP contribution in [0.3, 0.4) is 0 Å². The number of amides is 3. The van der Waals surface area contributed by atoms with Crippen molar-refractivity contribution < 1.29 is 19.4 Å². The number of hydrogen-bond donors (Lipinski definition) is 3. The van der Waals surface area contributed by atoms with Crippen molar-refractivity contribution in [2.24, 2.45) is 11.7 Å². The van der Waals surface area contributed by atoms with Gasteiger partial charge in [-0.05, 0) is 19.4 Å². The highest BCUT2D eigenvalue weighted by atomic mass is 16.5. The second-order valence-electron chi connectivity index (χ2n) is 5.37. The predicted octanol–water partition coefficient (Wildman–Crippen LogP) is -0.565. The van der Waals surface area contributed by atoms with E-state index in [1.807, 2.05) is 0 Å². The minimum atomic E-state index is -0.805. The number of nitrogens with one attached hydrogen (secondary N) is 1. The summed E-state index contributed by atoms with van der Waals surface area (Å²) in [6.07, 6.45) is 3.51. The van der Waals surface area contributed by atoms with Crippen molar-refractivity contribution in [2.75, 3.05) is 32.9 Å². The van der Waals surface area contributed by atoms with Gasteiger partial charge in [-0.15, -0.1) is 0 Å². The fourth-order valence-corrected chi connectivity index (χ4v) is 3.18. The van der Waals surface area contributed by atoms with Crippen molar-refractivity contribution in [3.05, 3.63) is 0 Å². The van der Waals surface area contributed by atoms with Crippen molar-refractivity contribution in [3.8, 4) is 0 Å². The zero-order valence-electron chi connectivity index (χ0n) is 11.6. The Labute approximate surface area is 118 Å². The number of hydrogen-bond acceptors (Lipinski definition) is 5. The molecule has 0 bridgehead atoms. The molecule has 2 unspecified atom stereocenters. The van der Waals surface area contributed by atoms with Crippen LogP contribution in [0.4, 0.5) is 4.79 Å². The van der Waals surface area contributed by atoms with Gasteiger partial charge in [0.05, 0.1) is 26.4 Å². The molecule has 114 valence electrons. The average molecular weight is 285 g/mol. The molecule has 1 aliphatic carbocycles. The normalized spacial score (nSPS) is 30.1. The highest BCUT2D eigenvalue weighted by Crippen LogP contribution is 2.37. The summed E-state index contributed by atoms with van der Waals surface area (Å²) in [6, 6.07) is -0.358. The Hall–Kier alpha value is -1.18. The van der Waals surface area contributed by atoms with Crippen LogP contribution in [-0.2, 0) is 9.53 Å². The zero-order chi connectivity index (χ0) is 14.6. The second kappa shape index (κ2) is 6.51. The van der Waals surface area contributed by atoms with E-state index in [1.165, 1.54) is 4.90 Å². The van der Waals surface area contributed by atoms with Gasteiger partial charge in [0.15, 0.2) is 0 Å². The van der Waals surface area contributed by atoms with Crippen LogP contribution >= 0.6 is 0 Å². The largest absolute Gasteiger partial charge is 0.394 e. The van der Waals surface area contributed by atoms with E-state index in [9.17, 15) is 9.59 Å². The molecule has 4 N–H and O–H groups in total. The molecule has 0 aromatic heterocycles. The van der Waals surface area contributed by atoms with Gasteiger partial charge in [0.25, 0.3) is 5.91 Å². The first-order valence-corrected chi connectivity index (χ1v) is 7.18. The smallest absolute Gasteiger partial charge is 0.325 e. The number of carbonyl (C=O) groups is 2. The standard InChI is InChI=1S/C13H23N3O4/c14-9-10-3-1-2-4-13(10)11(18)16(12(19)15-13)5-7-20-8-6-17/h10,17H,1-9,14H2,(H,15,19). The van der Waals surface area contributed by atoms with E-state index >= 15 is 0 Å². The molecule has 2 fully saturated rings. The van der Waals surface area contributed by atoms with E-state index in [-0.39, 0.29) is 44.2 Å². The Bertz CT molecular complexity index is 377. The van der Waals surface area contributed by atoms with E-state index in [4.69, 9.17) is 15.6 Å². The van der Waals surface area contributed by atoms with Crippen LogP contribution in [0.2, 0.25) is 0 Å². The molecular formula is C13H23N3O4. The Morgan fingerprint density at radius 3 is 2.90 bits per heavy atom. The van der Waals surface area contributed by atoms with Gasteiger partial charge in [-0.25, -0.2) is 4.79 Å². The minimum Gasteiger partial charge on any atom is -0.394 e. The fraction of sp³-hybridized carbons (Fsp3) is 0.846. The van der Waals surface area contributed by atoms with Gasteiger partial charge in [0.1, 0.15) is 5.54 Å². The lowest BCUT2D eigenvalue weighted by molar-refractivity contribution is -0.134. The van der Waals surface area contributed by atoms with Crippen molar-refractivity contribution in [1.82, 2.24) is 10.2 Å². The maximum atomic E-state index is 12.6. The molecule has 2 rings (SSSR count). The molecule has 2 atom stereocenters. The maximum absolute atomic E-state index is 12.6. The van der Waals surface area contributed by atoms with Crippen LogP contribution in [-0.4, -0.2) is 60.4 Å². The number of nitrogens with zero attached hydrogens (tertiary/aromatic N) is 1. The Morgan fingerprint density at radius 2 is 2.20 bits per heavy atom. The number of carbonyl (C=O) groups excluding carboxylic acids is 2. The summed E-state index contributed by atoms with van der Waals surface area (Å²) in [7, 11) is 0. The molecule has 1 aliphatic heterocycles. The lowest BCUT2D eigenvalue weighted by atomic mass is 9.72. The first-order valence-electron chi connectivity index (χ1n) is 7.18. The van der Waals surface area contributed by atoms with Crippen molar-refractivity contribution >= 4 is 11.9 Å². The number of rotatable bonds is 6. The summed E-state index contributed by atoms with van der Waals surface area (Å²) >= 11 is 0. The van der Waals surface area contributed by atoms with Crippen LogP contribution in [0.15, 0.2) is 0 Å². The summed E-state index contributed by atoms with van der Waals surface area (Å²) in [5, 5.41) is 11.5. The number of ether oxygens (including phenoxy) is 1. The van der Waals surface area contributed by atoms with Gasteiger partial charge >= 0.3 is 6.03 Å². The summed E-state index contributed by atoms with van der Waals surface area (Å²) in [5.41, 5.74) is 4.97. The molecule has 1 saturated heterocycles. The first kappa shape index (κ1) is 15.2. The molecule has 3 amide bonds. The van der Waals surface area contributed by atoms with Crippen LogP contribution < -0.4 is 11.1 Å². The van der Waals surface area contributed by atoms with Crippen LogP contribution in [0.1, 0.15) is 25.7 Å². The number of urea groups is 1. The molecule has 7 nitrogen and oxygen atoms in total. The van der Waals surface area contributed by atoms with Gasteiger partial charge in [-0.3, -0.25) is 9.69 Å². The Balaban J connectivity index is 2.03. The van der Waals surface area contributed by atoms with Gasteiger partial charge in [0, 0.05) is 5.92 Å². The van der Waals surface area contributed by atoms with Gasteiger partial charge in [-0.2, -0.15) is 0 Å². The molecule has 1 spiro atoms. The summed E-state index contributed by atoms with van der Waals surface area (Å²) < 4.78 is 5.12. The second-order valence-corrected chi connectivity index (χ2v) is 5.37. The predicted molar refractivity (Wildman–Crippen MR) is 71.9 cm³/mol. The number of aliphatic hydroxyl groups excluding tert-OH is 1. The van der Waals surface area contributed by atoms with E-state index in [1.54, 1.807) is 0 Å². The van der Waals surface area contributed by atoms with E-state index in [0.717, 1.165) is 19.3 Å². The molecular weight excluding hydrogens is 262 g/mol. The van der Waals surface area contributed by atoms with Crippen molar-refractivity contribution in [1.29, 1.82) is 0 Å². The molecule has 1 heterocycles. The Kier molecular flexibility index (Phi) is 4.95. The summed E-state index contributed by atoms with van der Waals surface area (Å²) in [5.74, 6) is -0.165. The lowest BCUT2D eigenvalue weighted by Crippen LogP contribution is -2.57. The Morgan fingerprint density at radius 1 is 1.40 bits per heavy atom. The van der Waals surface area contributed by atoms with Crippen LogP contribution in [0.5, 0.6) is 0 Å². The summed E-state index contributed by atoms with van der Waals surface area (Å²) in [4.78, 5) is 25.9. The van der Waals surface area contributed by atoms with Gasteiger partial charge in [-0.1, -0.05) is 12.8 Å².